The summed E-state index contributed by atoms with van der Waals surface area (Å²) in [5.74, 6) is 2.44. The van der Waals surface area contributed by atoms with Gasteiger partial charge < -0.3 is 4.74 Å². The fourth-order valence-corrected chi connectivity index (χ4v) is 3.43. The number of ether oxygens (including phenoxy) is 1. The quantitative estimate of drug-likeness (QED) is 0.684. The van der Waals surface area contributed by atoms with Crippen LogP contribution in [0.4, 0.5) is 0 Å². The molecular formula is C19H20N2O2S. The van der Waals surface area contributed by atoms with Crippen LogP contribution in [0.25, 0.3) is 5.65 Å². The first kappa shape index (κ1) is 16.6. The third kappa shape index (κ3) is 3.79. The zero-order chi connectivity index (χ0) is 16.9. The highest BCUT2D eigenvalue weighted by atomic mass is 32.2. The Morgan fingerprint density at radius 2 is 2.00 bits per heavy atom. The van der Waals surface area contributed by atoms with Crippen molar-refractivity contribution in [3.63, 3.8) is 0 Å². The molecule has 3 rings (SSSR count). The summed E-state index contributed by atoms with van der Waals surface area (Å²) in [6, 6.07) is 13.5. The first-order valence-corrected chi connectivity index (χ1v) is 9.10. The summed E-state index contributed by atoms with van der Waals surface area (Å²) < 4.78 is 7.24. The molecule has 0 unspecified atom stereocenters. The predicted molar refractivity (Wildman–Crippen MR) is 98.8 cm³/mol. The van der Waals surface area contributed by atoms with E-state index in [-0.39, 0.29) is 5.56 Å². The van der Waals surface area contributed by atoms with E-state index in [1.54, 1.807) is 22.2 Å². The summed E-state index contributed by atoms with van der Waals surface area (Å²) in [5, 5.41) is 0. The van der Waals surface area contributed by atoms with Crippen molar-refractivity contribution < 1.29 is 4.74 Å². The Labute approximate surface area is 145 Å². The molecule has 0 bridgehead atoms. The van der Waals surface area contributed by atoms with Gasteiger partial charge in [-0.1, -0.05) is 24.3 Å². The highest BCUT2D eigenvalue weighted by Gasteiger charge is 2.06. The van der Waals surface area contributed by atoms with E-state index in [4.69, 9.17) is 4.74 Å². The number of pyridine rings is 1. The van der Waals surface area contributed by atoms with E-state index >= 15 is 0 Å². The van der Waals surface area contributed by atoms with Crippen LogP contribution in [0.3, 0.4) is 0 Å². The van der Waals surface area contributed by atoms with E-state index in [1.165, 1.54) is 0 Å². The number of nitrogens with zero attached hydrogens (tertiary/aromatic N) is 2. The average molecular weight is 340 g/mol. The van der Waals surface area contributed by atoms with Gasteiger partial charge in [-0.05, 0) is 31.5 Å². The highest BCUT2D eigenvalue weighted by molar-refractivity contribution is 7.97. The molecule has 124 valence electrons. The molecule has 0 saturated heterocycles. The largest absolute Gasteiger partial charge is 0.494 e. The number of aromatic nitrogens is 2. The molecule has 24 heavy (non-hydrogen) atoms. The number of fused-ring (bicyclic) bond motifs is 1. The van der Waals surface area contributed by atoms with Gasteiger partial charge in [-0.25, -0.2) is 4.98 Å². The van der Waals surface area contributed by atoms with Crippen LogP contribution >= 0.6 is 11.8 Å². The van der Waals surface area contributed by atoms with Gasteiger partial charge in [-0.15, -0.1) is 0 Å². The summed E-state index contributed by atoms with van der Waals surface area (Å²) in [6.45, 7) is 4.60. The Kier molecular flexibility index (Phi) is 5.20. The second-order valence-corrected chi connectivity index (χ2v) is 6.54. The van der Waals surface area contributed by atoms with Gasteiger partial charge in [0.1, 0.15) is 11.4 Å². The van der Waals surface area contributed by atoms with Crippen molar-refractivity contribution in [3.8, 4) is 5.75 Å². The Bertz CT molecular complexity index is 905. The molecule has 2 heterocycles. The monoisotopic (exact) mass is 340 g/mol. The Hall–Kier alpha value is -2.27. The molecule has 3 aromatic rings. The highest BCUT2D eigenvalue weighted by Crippen LogP contribution is 2.24. The molecule has 0 N–H and O–H groups in total. The van der Waals surface area contributed by atoms with Crippen molar-refractivity contribution >= 4 is 17.4 Å². The van der Waals surface area contributed by atoms with Gasteiger partial charge >= 0.3 is 0 Å². The van der Waals surface area contributed by atoms with Gasteiger partial charge in [0.2, 0.25) is 0 Å². The van der Waals surface area contributed by atoms with Gasteiger partial charge in [-0.3, -0.25) is 9.20 Å². The van der Waals surface area contributed by atoms with Crippen LogP contribution in [0.1, 0.15) is 23.7 Å². The van der Waals surface area contributed by atoms with Crippen LogP contribution in [0.15, 0.2) is 53.5 Å². The molecule has 0 radical (unpaired) electrons. The maximum absolute atomic E-state index is 12.2. The molecule has 0 fully saturated rings. The molecule has 2 aromatic heterocycles. The molecule has 0 atom stereocenters. The standard InChI is InChI=1S/C19H20N2O2S/c1-3-23-17-7-5-4-6-15(17)12-24-13-16-10-19(22)21-11-14(2)8-9-18(21)20-16/h4-11H,3,12-13H2,1-2H3. The number of rotatable bonds is 6. The number of hydrogen-bond donors (Lipinski definition) is 0. The lowest BCUT2D eigenvalue weighted by molar-refractivity contribution is 0.337. The fraction of sp³-hybridized carbons (Fsp3) is 0.263. The molecule has 1 aromatic carbocycles. The lowest BCUT2D eigenvalue weighted by Gasteiger charge is -2.09. The molecule has 0 aliphatic rings. The van der Waals surface area contributed by atoms with Crippen molar-refractivity contribution in [2.45, 2.75) is 25.4 Å². The Morgan fingerprint density at radius 3 is 2.83 bits per heavy atom. The third-order valence-corrected chi connectivity index (χ3v) is 4.66. The SMILES string of the molecule is CCOc1ccccc1CSCc1cc(=O)n2cc(C)ccc2n1. The zero-order valence-corrected chi connectivity index (χ0v) is 14.7. The maximum Gasteiger partial charge on any atom is 0.258 e. The molecule has 0 amide bonds. The molecule has 0 spiro atoms. The first-order valence-electron chi connectivity index (χ1n) is 7.95. The minimum absolute atomic E-state index is 0.0333. The molecule has 0 saturated carbocycles. The smallest absolute Gasteiger partial charge is 0.258 e. The van der Waals surface area contributed by atoms with E-state index in [0.29, 0.717) is 18.0 Å². The first-order chi connectivity index (χ1) is 11.7. The van der Waals surface area contributed by atoms with Gasteiger partial charge in [0.15, 0.2) is 0 Å². The minimum atomic E-state index is -0.0333. The van der Waals surface area contributed by atoms with Crippen LogP contribution in [0.5, 0.6) is 5.75 Å². The van der Waals surface area contributed by atoms with Crippen molar-refractivity contribution in [2.24, 2.45) is 0 Å². The number of thioether (sulfide) groups is 1. The van der Waals surface area contributed by atoms with Crippen molar-refractivity contribution in [3.05, 3.63) is 75.8 Å². The van der Waals surface area contributed by atoms with E-state index in [9.17, 15) is 4.79 Å². The number of benzene rings is 1. The molecular weight excluding hydrogens is 320 g/mol. The molecule has 0 aliphatic heterocycles. The lowest BCUT2D eigenvalue weighted by Crippen LogP contribution is -2.15. The summed E-state index contributed by atoms with van der Waals surface area (Å²) in [7, 11) is 0. The van der Waals surface area contributed by atoms with Gasteiger partial charge in [0.25, 0.3) is 5.56 Å². The fourth-order valence-electron chi connectivity index (χ4n) is 2.52. The van der Waals surface area contributed by atoms with Crippen LogP contribution in [-0.4, -0.2) is 16.0 Å². The van der Waals surface area contributed by atoms with Crippen molar-refractivity contribution in [1.29, 1.82) is 0 Å². The van der Waals surface area contributed by atoms with Crippen LogP contribution in [0, 0.1) is 6.92 Å². The lowest BCUT2D eigenvalue weighted by atomic mass is 10.2. The Morgan fingerprint density at radius 1 is 1.17 bits per heavy atom. The predicted octanol–water partition coefficient (Wildman–Crippen LogP) is 3.84. The number of hydrogen-bond acceptors (Lipinski definition) is 4. The second kappa shape index (κ2) is 7.53. The van der Waals surface area contributed by atoms with E-state index in [2.05, 4.69) is 11.1 Å². The summed E-state index contributed by atoms with van der Waals surface area (Å²) in [5.41, 5.74) is 3.67. The minimum Gasteiger partial charge on any atom is -0.494 e. The van der Waals surface area contributed by atoms with Crippen LogP contribution in [-0.2, 0) is 11.5 Å². The van der Waals surface area contributed by atoms with Crippen LogP contribution in [0.2, 0.25) is 0 Å². The van der Waals surface area contributed by atoms with E-state index in [0.717, 1.165) is 28.3 Å². The molecule has 4 nitrogen and oxygen atoms in total. The third-order valence-electron chi connectivity index (χ3n) is 3.64. The summed E-state index contributed by atoms with van der Waals surface area (Å²) >= 11 is 1.73. The average Bonchev–Trinajstić information content (AvgIpc) is 2.57. The number of para-hydroxylation sites is 1. The van der Waals surface area contributed by atoms with E-state index < -0.39 is 0 Å². The normalized spacial score (nSPS) is 10.9. The van der Waals surface area contributed by atoms with Gasteiger partial charge in [-0.2, -0.15) is 11.8 Å². The second-order valence-electron chi connectivity index (χ2n) is 5.55. The maximum atomic E-state index is 12.2. The van der Waals surface area contributed by atoms with E-state index in [1.807, 2.05) is 50.4 Å². The van der Waals surface area contributed by atoms with Crippen molar-refractivity contribution in [2.75, 3.05) is 6.61 Å². The summed E-state index contributed by atoms with van der Waals surface area (Å²) in [4.78, 5) is 16.8. The van der Waals surface area contributed by atoms with Gasteiger partial charge in [0.05, 0.1) is 12.3 Å². The summed E-state index contributed by atoms with van der Waals surface area (Å²) in [6.07, 6.45) is 1.82. The van der Waals surface area contributed by atoms with Crippen LogP contribution < -0.4 is 10.3 Å². The zero-order valence-electron chi connectivity index (χ0n) is 13.9. The molecule has 5 heteroatoms. The van der Waals surface area contributed by atoms with Crippen molar-refractivity contribution in [1.82, 2.24) is 9.38 Å². The number of aryl methyl sites for hydroxylation is 1. The molecule has 0 aliphatic carbocycles. The van der Waals surface area contributed by atoms with Gasteiger partial charge in [0, 0.05) is 29.3 Å². The Balaban J connectivity index is 1.72. The topological polar surface area (TPSA) is 43.6 Å².